The first-order chi connectivity index (χ1) is 19.5. The first-order valence-electron chi connectivity index (χ1n) is 15.3. The quantitative estimate of drug-likeness (QED) is 0.180. The molecule has 0 aliphatic heterocycles. The van der Waals surface area contributed by atoms with Crippen molar-refractivity contribution in [2.24, 2.45) is 0 Å². The van der Waals surface area contributed by atoms with E-state index in [1.165, 1.54) is 61.7 Å². The first kappa shape index (κ1) is 28.6. The van der Waals surface area contributed by atoms with Crippen LogP contribution in [-0.2, 0) is 17.1 Å². The molecular weight excluding hydrogens is 675 g/mol. The monoisotopic (exact) mass is 720 g/mol. The Hall–Kier alpha value is -2.55. The van der Waals surface area contributed by atoms with Crippen LogP contribution in [0.5, 0.6) is 0 Å². The standard InChI is InChI=1S/2C17H15.C3H8Si.2CH3.Hf/c2*1-12-9-10-13(2)17(11-12)16-8-4-6-14-5-3-7-15(14)16;1-3-4-2;;;/h2*3-11H,1-2H3;3H2,1-2H3;2*1H3;. The SMILES string of the molecule is CC[Si](C)=[Hf]([CH3])([CH3])([CH]1C=Cc2c(-c3cc(C)ccc3C)cccc21)[CH]1C=Cc2c(-c3cc(C)ccc3C)cccc21. The fraction of sp³-hybridized carbons (Fsp3) is 0.282. The van der Waals surface area contributed by atoms with Gasteiger partial charge < -0.3 is 0 Å². The molecule has 4 aromatic carbocycles. The number of rotatable bonds is 5. The molecule has 0 N–H and O–H groups in total. The number of allylic oxidation sites excluding steroid dienone is 2. The molecule has 208 valence electrons. The number of aryl methyl sites for hydroxylation is 4. The van der Waals surface area contributed by atoms with E-state index in [-0.39, 0.29) is 0 Å². The summed E-state index contributed by atoms with van der Waals surface area (Å²) in [5, 5.41) is 0. The van der Waals surface area contributed by atoms with Crippen LogP contribution in [0.15, 0.2) is 84.9 Å². The van der Waals surface area contributed by atoms with Crippen LogP contribution in [0, 0.1) is 27.7 Å². The summed E-state index contributed by atoms with van der Waals surface area (Å²) in [6.45, 7) is 14.1. The van der Waals surface area contributed by atoms with Crippen molar-refractivity contribution in [3.05, 3.63) is 129 Å². The molecule has 2 heteroatoms. The molecule has 2 aliphatic carbocycles. The minimum atomic E-state index is -3.75. The Morgan fingerprint density at radius 2 is 1.05 bits per heavy atom. The topological polar surface area (TPSA) is 0 Å². The van der Waals surface area contributed by atoms with Gasteiger partial charge in [0.15, 0.2) is 0 Å². The molecule has 0 saturated carbocycles. The molecule has 6 rings (SSSR count). The van der Waals surface area contributed by atoms with Crippen LogP contribution >= 0.6 is 0 Å². The summed E-state index contributed by atoms with van der Waals surface area (Å²) in [5.41, 5.74) is 16.5. The van der Waals surface area contributed by atoms with Gasteiger partial charge in [-0.15, -0.1) is 0 Å². The molecule has 0 bridgehead atoms. The predicted octanol–water partition coefficient (Wildman–Crippen LogP) is 11.5. The van der Waals surface area contributed by atoms with Crippen LogP contribution in [0.25, 0.3) is 34.4 Å². The van der Waals surface area contributed by atoms with E-state index in [0.717, 1.165) is 0 Å². The van der Waals surface area contributed by atoms with Crippen LogP contribution in [0.3, 0.4) is 0 Å². The molecular formula is C39H44HfSi. The van der Waals surface area contributed by atoms with Gasteiger partial charge in [0.1, 0.15) is 0 Å². The van der Waals surface area contributed by atoms with Crippen LogP contribution < -0.4 is 0 Å². The van der Waals surface area contributed by atoms with Crippen molar-refractivity contribution in [2.75, 3.05) is 0 Å². The van der Waals surface area contributed by atoms with Gasteiger partial charge in [-0.1, -0.05) is 0 Å². The summed E-state index contributed by atoms with van der Waals surface area (Å²) in [6, 6.07) is 29.4. The Kier molecular flexibility index (Phi) is 7.19. The van der Waals surface area contributed by atoms with E-state index in [1.807, 2.05) is 0 Å². The third kappa shape index (κ3) is 4.40. The van der Waals surface area contributed by atoms with Gasteiger partial charge in [0.05, 0.1) is 0 Å². The molecule has 0 heterocycles. The molecule has 0 spiro atoms. The van der Waals surface area contributed by atoms with Crippen LogP contribution in [0.4, 0.5) is 0 Å². The zero-order chi connectivity index (χ0) is 29.1. The number of hydrogen-bond acceptors (Lipinski definition) is 0. The molecule has 2 unspecified atom stereocenters. The molecule has 0 amide bonds. The maximum atomic E-state index is 2.85. The van der Waals surface area contributed by atoms with Gasteiger partial charge >= 0.3 is 250 Å². The fourth-order valence-electron chi connectivity index (χ4n) is 8.03. The maximum absolute atomic E-state index is 3.75. The van der Waals surface area contributed by atoms with Crippen molar-refractivity contribution in [1.29, 1.82) is 0 Å². The average Bonchev–Trinajstić information content (AvgIpc) is 3.61. The van der Waals surface area contributed by atoms with Crippen molar-refractivity contribution < 1.29 is 17.1 Å². The van der Waals surface area contributed by atoms with E-state index < -0.39 is 22.6 Å². The van der Waals surface area contributed by atoms with Crippen LogP contribution in [-0.4, -0.2) is 5.49 Å². The molecule has 0 aromatic heterocycles. The van der Waals surface area contributed by atoms with Crippen molar-refractivity contribution in [3.8, 4) is 22.3 Å². The Balaban J connectivity index is 1.54. The third-order valence-electron chi connectivity index (χ3n) is 11.0. The summed E-state index contributed by atoms with van der Waals surface area (Å²) >= 11 is -3.75. The second-order valence-corrected chi connectivity index (χ2v) is 61.3. The summed E-state index contributed by atoms with van der Waals surface area (Å²) in [6.07, 6.45) is 10.3. The normalized spacial score (nSPS) is 17.6. The second-order valence-electron chi connectivity index (χ2n) is 13.7. The van der Waals surface area contributed by atoms with Crippen molar-refractivity contribution in [1.82, 2.24) is 0 Å². The van der Waals surface area contributed by atoms with E-state index in [4.69, 9.17) is 0 Å². The molecule has 2 atom stereocenters. The molecule has 0 radical (unpaired) electrons. The van der Waals surface area contributed by atoms with E-state index in [2.05, 4.69) is 148 Å². The Morgan fingerprint density at radius 1 is 0.610 bits per heavy atom. The van der Waals surface area contributed by atoms with Gasteiger partial charge in [-0.3, -0.25) is 0 Å². The molecule has 4 aromatic rings. The van der Waals surface area contributed by atoms with Crippen molar-refractivity contribution >= 4 is 17.6 Å². The summed E-state index contributed by atoms with van der Waals surface area (Å²) in [4.78, 5) is 0. The van der Waals surface area contributed by atoms with Gasteiger partial charge in [-0.2, -0.15) is 0 Å². The Bertz CT molecular complexity index is 1720. The molecule has 2 aliphatic rings. The second kappa shape index (κ2) is 10.3. The third-order valence-corrected chi connectivity index (χ3v) is 70.1. The fourth-order valence-corrected chi connectivity index (χ4v) is 52.8. The number of benzene rings is 4. The van der Waals surface area contributed by atoms with Gasteiger partial charge in [-0.05, 0) is 0 Å². The van der Waals surface area contributed by atoms with Gasteiger partial charge in [0, 0.05) is 0 Å². The average molecular weight is 719 g/mol. The van der Waals surface area contributed by atoms with E-state index in [0.29, 0.717) is 7.35 Å². The molecule has 0 saturated heterocycles. The number of hydrogen-bond donors (Lipinski definition) is 0. The van der Waals surface area contributed by atoms with Gasteiger partial charge in [0.2, 0.25) is 0 Å². The Labute approximate surface area is 248 Å². The first-order valence-corrected chi connectivity index (χ1v) is 34.3. The zero-order valence-electron chi connectivity index (χ0n) is 26.1. The summed E-state index contributed by atoms with van der Waals surface area (Å²) < 4.78 is 6.82. The van der Waals surface area contributed by atoms with Crippen LogP contribution in [0.1, 0.15) is 58.8 Å². The van der Waals surface area contributed by atoms with E-state index in [1.54, 1.807) is 11.1 Å². The Morgan fingerprint density at radius 3 is 1.46 bits per heavy atom. The van der Waals surface area contributed by atoms with Gasteiger partial charge in [0.25, 0.3) is 0 Å². The van der Waals surface area contributed by atoms with E-state index in [9.17, 15) is 0 Å². The number of fused-ring (bicyclic) bond motifs is 2. The van der Waals surface area contributed by atoms with Crippen LogP contribution in [0.2, 0.25) is 22.0 Å². The predicted molar refractivity (Wildman–Crippen MR) is 180 cm³/mol. The van der Waals surface area contributed by atoms with E-state index >= 15 is 0 Å². The molecule has 41 heavy (non-hydrogen) atoms. The minimum absolute atomic E-state index is 0.566. The summed E-state index contributed by atoms with van der Waals surface area (Å²) in [5.74, 6) is 0. The van der Waals surface area contributed by atoms with Crippen molar-refractivity contribution in [2.45, 2.75) is 63.9 Å². The summed E-state index contributed by atoms with van der Waals surface area (Å²) in [7, 11) is 0. The van der Waals surface area contributed by atoms with Crippen molar-refractivity contribution in [3.63, 3.8) is 0 Å². The molecule has 0 fully saturated rings. The molecule has 0 nitrogen and oxygen atoms in total. The van der Waals surface area contributed by atoms with Gasteiger partial charge in [-0.25, -0.2) is 0 Å². The zero-order valence-corrected chi connectivity index (χ0v) is 30.7.